The van der Waals surface area contributed by atoms with Crippen LogP contribution in [-0.2, 0) is 16.8 Å². The van der Waals surface area contributed by atoms with Gasteiger partial charge in [0.05, 0.1) is 12.2 Å². The van der Waals surface area contributed by atoms with Crippen LogP contribution in [0.1, 0.15) is 54.1 Å². The third-order valence-corrected chi connectivity index (χ3v) is 7.55. The molecule has 1 fully saturated rings. The number of ether oxygens (including phenoxy) is 1. The molecule has 3 aromatic rings. The van der Waals surface area contributed by atoms with Crippen molar-refractivity contribution in [3.8, 4) is 11.1 Å². The van der Waals surface area contributed by atoms with Crippen LogP contribution in [0.4, 0.5) is 9.18 Å². The predicted octanol–water partition coefficient (Wildman–Crippen LogP) is 5.33. The summed E-state index contributed by atoms with van der Waals surface area (Å²) in [6, 6.07) is 15.9. The van der Waals surface area contributed by atoms with E-state index in [9.17, 15) is 14.7 Å². The van der Waals surface area contributed by atoms with E-state index >= 15 is 4.39 Å². The van der Waals surface area contributed by atoms with Gasteiger partial charge in [-0.25, -0.2) is 9.18 Å². The highest BCUT2D eigenvalue weighted by atomic mass is 19.1. The van der Waals surface area contributed by atoms with Crippen molar-refractivity contribution in [3.63, 3.8) is 0 Å². The number of rotatable bonds is 9. The van der Waals surface area contributed by atoms with Gasteiger partial charge in [0.1, 0.15) is 5.82 Å². The van der Waals surface area contributed by atoms with Gasteiger partial charge in [-0.1, -0.05) is 43.3 Å². The normalized spacial score (nSPS) is 16.8. The molecule has 1 aliphatic rings. The third-order valence-electron chi connectivity index (χ3n) is 7.55. The first kappa shape index (κ1) is 28.2. The van der Waals surface area contributed by atoms with Gasteiger partial charge in [0.25, 0.3) is 5.91 Å². The number of hydrogen-bond acceptors (Lipinski definition) is 5. The molecule has 2 atom stereocenters. The topological polar surface area (TPSA) is 91.8 Å². The first-order chi connectivity index (χ1) is 18.9. The molecule has 0 radical (unpaired) electrons. The second-order valence-electron chi connectivity index (χ2n) is 9.96. The molecule has 8 heteroatoms. The van der Waals surface area contributed by atoms with Gasteiger partial charge in [-0.3, -0.25) is 9.78 Å². The van der Waals surface area contributed by atoms with Crippen molar-refractivity contribution < 1.29 is 23.8 Å². The van der Waals surface area contributed by atoms with Crippen LogP contribution in [0.15, 0.2) is 67.0 Å². The fourth-order valence-electron chi connectivity index (χ4n) is 5.49. The molecule has 39 heavy (non-hydrogen) atoms. The lowest BCUT2D eigenvalue weighted by molar-refractivity contribution is -0.0590. The summed E-state index contributed by atoms with van der Waals surface area (Å²) in [5.41, 5.74) is 1.68. The van der Waals surface area contributed by atoms with Gasteiger partial charge in [-0.2, -0.15) is 0 Å². The SMILES string of the molecule is CCc1cccc(-c2c(F)cccc2C(O)(CCCOC(=O)NC)C2CCCN(C(=O)c3ccncc3)C2)c1. The maximum atomic E-state index is 15.6. The molecule has 2 N–H and O–H groups in total. The van der Waals surface area contributed by atoms with Gasteiger partial charge in [0, 0.05) is 49.6 Å². The average Bonchev–Trinajstić information content (AvgIpc) is 2.99. The number of aryl methyl sites for hydroxylation is 1. The van der Waals surface area contributed by atoms with E-state index in [4.69, 9.17) is 4.74 Å². The Morgan fingerprint density at radius 1 is 1.18 bits per heavy atom. The first-order valence-corrected chi connectivity index (χ1v) is 13.5. The summed E-state index contributed by atoms with van der Waals surface area (Å²) in [5, 5.41) is 14.9. The van der Waals surface area contributed by atoms with E-state index in [0.29, 0.717) is 54.6 Å². The summed E-state index contributed by atoms with van der Waals surface area (Å²) in [6.45, 7) is 3.03. The number of benzene rings is 2. The Morgan fingerprint density at radius 3 is 2.69 bits per heavy atom. The molecule has 0 spiro atoms. The van der Waals surface area contributed by atoms with Crippen molar-refractivity contribution in [2.24, 2.45) is 5.92 Å². The summed E-state index contributed by atoms with van der Waals surface area (Å²) < 4.78 is 20.8. The van der Waals surface area contributed by atoms with Gasteiger partial charge < -0.3 is 20.1 Å². The number of pyridine rings is 1. The zero-order valence-electron chi connectivity index (χ0n) is 22.5. The highest BCUT2D eigenvalue weighted by molar-refractivity contribution is 5.94. The molecule has 0 bridgehead atoms. The molecular formula is C31H36FN3O4. The molecule has 1 aromatic heterocycles. The molecule has 2 unspecified atom stereocenters. The van der Waals surface area contributed by atoms with E-state index in [0.717, 1.165) is 12.0 Å². The number of likely N-dealkylation sites (tertiary alicyclic amines) is 1. The van der Waals surface area contributed by atoms with E-state index in [1.54, 1.807) is 41.6 Å². The highest BCUT2D eigenvalue weighted by Gasteiger charge is 2.43. The van der Waals surface area contributed by atoms with Crippen LogP contribution in [0.2, 0.25) is 0 Å². The van der Waals surface area contributed by atoms with Crippen LogP contribution < -0.4 is 5.32 Å². The van der Waals surface area contributed by atoms with E-state index < -0.39 is 17.5 Å². The van der Waals surface area contributed by atoms with Crippen molar-refractivity contribution in [2.45, 2.75) is 44.6 Å². The molecule has 7 nitrogen and oxygen atoms in total. The number of alkyl carbamates (subject to hydrolysis) is 1. The molecule has 2 aromatic carbocycles. The maximum absolute atomic E-state index is 15.6. The smallest absolute Gasteiger partial charge is 0.406 e. The lowest BCUT2D eigenvalue weighted by Gasteiger charge is -2.43. The number of nitrogens with one attached hydrogen (secondary N) is 1. The Labute approximate surface area is 229 Å². The molecule has 4 rings (SSSR count). The number of amides is 2. The molecule has 2 amide bonds. The van der Waals surface area contributed by atoms with Crippen molar-refractivity contribution in [2.75, 3.05) is 26.7 Å². The van der Waals surface area contributed by atoms with E-state index in [1.807, 2.05) is 31.2 Å². The van der Waals surface area contributed by atoms with Crippen molar-refractivity contribution in [1.82, 2.24) is 15.2 Å². The molecule has 1 saturated heterocycles. The van der Waals surface area contributed by atoms with Gasteiger partial charge in [-0.05, 0) is 67.0 Å². The monoisotopic (exact) mass is 533 g/mol. The molecular weight excluding hydrogens is 497 g/mol. The minimum Gasteiger partial charge on any atom is -0.450 e. The van der Waals surface area contributed by atoms with Crippen LogP contribution in [-0.4, -0.2) is 53.7 Å². The van der Waals surface area contributed by atoms with Crippen LogP contribution in [0.3, 0.4) is 0 Å². The fraction of sp³-hybridized carbons (Fsp3) is 0.387. The Bertz CT molecular complexity index is 1290. The number of aliphatic hydroxyl groups is 1. The van der Waals surface area contributed by atoms with Gasteiger partial charge in [0.15, 0.2) is 0 Å². The zero-order valence-corrected chi connectivity index (χ0v) is 22.5. The lowest BCUT2D eigenvalue weighted by atomic mass is 9.72. The van der Waals surface area contributed by atoms with E-state index in [1.165, 1.54) is 13.1 Å². The second-order valence-corrected chi connectivity index (χ2v) is 9.96. The molecule has 1 aliphatic heterocycles. The Hall–Kier alpha value is -3.78. The highest BCUT2D eigenvalue weighted by Crippen LogP contribution is 2.44. The van der Waals surface area contributed by atoms with Crippen LogP contribution in [0.25, 0.3) is 11.1 Å². The predicted molar refractivity (Wildman–Crippen MR) is 148 cm³/mol. The molecule has 0 aliphatic carbocycles. The second kappa shape index (κ2) is 12.8. The quantitative estimate of drug-likeness (QED) is 0.363. The number of nitrogens with zero attached hydrogens (tertiary/aromatic N) is 2. The number of carbonyl (C=O) groups excluding carboxylic acids is 2. The maximum Gasteiger partial charge on any atom is 0.406 e. The molecule has 2 heterocycles. The Morgan fingerprint density at radius 2 is 1.95 bits per heavy atom. The van der Waals surface area contributed by atoms with E-state index in [-0.39, 0.29) is 24.9 Å². The van der Waals surface area contributed by atoms with Crippen molar-refractivity contribution in [3.05, 3.63) is 89.5 Å². The summed E-state index contributed by atoms with van der Waals surface area (Å²) in [4.78, 5) is 30.6. The third kappa shape index (κ3) is 6.45. The Balaban J connectivity index is 1.72. The fourth-order valence-corrected chi connectivity index (χ4v) is 5.49. The Kier molecular flexibility index (Phi) is 9.30. The first-order valence-electron chi connectivity index (χ1n) is 13.5. The number of aromatic nitrogens is 1. The minimum atomic E-state index is -1.47. The van der Waals surface area contributed by atoms with Crippen LogP contribution in [0, 0.1) is 11.7 Å². The molecule has 0 saturated carbocycles. The standard InChI is InChI=1S/C31H36FN3O4/c1-3-22-8-4-9-24(20-22)28-26(11-5-12-27(28)32)31(38,15-7-19-39-30(37)33-2)25-10-6-18-35(21-25)29(36)23-13-16-34-17-14-23/h4-5,8-9,11-14,16-17,20,25,38H,3,6-7,10,15,18-19,21H2,1-2H3,(H,33,37). The van der Waals surface area contributed by atoms with Crippen LogP contribution in [0.5, 0.6) is 0 Å². The van der Waals surface area contributed by atoms with Gasteiger partial charge in [0.2, 0.25) is 0 Å². The number of halogens is 1. The number of hydrogen-bond donors (Lipinski definition) is 2. The largest absolute Gasteiger partial charge is 0.450 e. The summed E-state index contributed by atoms with van der Waals surface area (Å²) in [6.07, 6.45) is 5.38. The average molecular weight is 534 g/mol. The van der Waals surface area contributed by atoms with Crippen molar-refractivity contribution in [1.29, 1.82) is 0 Å². The zero-order chi connectivity index (χ0) is 27.8. The number of piperidine rings is 1. The van der Waals surface area contributed by atoms with Gasteiger partial charge in [-0.15, -0.1) is 0 Å². The summed E-state index contributed by atoms with van der Waals surface area (Å²) in [7, 11) is 1.48. The van der Waals surface area contributed by atoms with Gasteiger partial charge >= 0.3 is 6.09 Å². The summed E-state index contributed by atoms with van der Waals surface area (Å²) in [5.74, 6) is -0.893. The summed E-state index contributed by atoms with van der Waals surface area (Å²) >= 11 is 0. The lowest BCUT2D eigenvalue weighted by Crippen LogP contribution is -2.48. The minimum absolute atomic E-state index is 0.102. The van der Waals surface area contributed by atoms with E-state index in [2.05, 4.69) is 10.3 Å². The van der Waals surface area contributed by atoms with Crippen LogP contribution >= 0.6 is 0 Å². The number of carbonyl (C=O) groups is 2. The van der Waals surface area contributed by atoms with Crippen molar-refractivity contribution >= 4 is 12.0 Å². The molecule has 206 valence electrons.